The molecule has 0 heterocycles. The Balaban J connectivity index is -0.0000000408. The Kier molecular flexibility index (Phi) is 55.3. The van der Waals surface area contributed by atoms with Gasteiger partial charge in [-0.05, 0) is 12.7 Å². The average Bonchev–Trinajstić information content (AvgIpc) is 1.68. The topological polar surface area (TPSA) is 107 Å². The van der Waals surface area contributed by atoms with Crippen molar-refractivity contribution in [2.24, 2.45) is 0 Å². The van der Waals surface area contributed by atoms with Crippen molar-refractivity contribution < 1.29 is 16.4 Å². The standard InChI is InChI=1S/C5H11NS2.In.3H2O.3H/c1-3-6-5(7)8-4-2;;;;;;;/h3-4H2,1-2H3,(H,6,7);;3*1H2;;;. The summed E-state index contributed by atoms with van der Waals surface area (Å²) in [5, 5.41) is 3.04. The Labute approximate surface area is 102 Å². The van der Waals surface area contributed by atoms with E-state index in [-0.39, 0.29) is 42.3 Å². The fraction of sp³-hybridized carbons (Fsp3) is 0.800. The summed E-state index contributed by atoms with van der Waals surface area (Å²) < 4.78 is 0.912. The van der Waals surface area contributed by atoms with Crippen molar-refractivity contribution in [2.75, 3.05) is 12.3 Å². The molecule has 0 aliphatic carbocycles. The third-order valence-electron chi connectivity index (χ3n) is 0.597. The van der Waals surface area contributed by atoms with Crippen LogP contribution >= 0.6 is 24.0 Å². The van der Waals surface area contributed by atoms with Crippen molar-refractivity contribution in [1.29, 1.82) is 0 Å². The number of hydrogen-bond donors (Lipinski definition) is 1. The van der Waals surface area contributed by atoms with Gasteiger partial charge in [-0.3, -0.25) is 0 Å². The zero-order valence-corrected chi connectivity index (χ0v) is 8.36. The predicted octanol–water partition coefficient (Wildman–Crippen LogP) is -2.02. The van der Waals surface area contributed by atoms with Crippen LogP contribution < -0.4 is 5.32 Å². The normalized spacial score (nSPS) is 5.83. The second kappa shape index (κ2) is 22.7. The Morgan fingerprint density at radius 3 is 1.92 bits per heavy atom. The zero-order valence-electron chi connectivity index (χ0n) is 6.73. The molecule has 7 N–H and O–H groups in total. The minimum absolute atomic E-state index is 0. The summed E-state index contributed by atoms with van der Waals surface area (Å²) in [6.07, 6.45) is 0. The van der Waals surface area contributed by atoms with Crippen molar-refractivity contribution in [3.05, 3.63) is 0 Å². The molecule has 0 saturated heterocycles. The van der Waals surface area contributed by atoms with Gasteiger partial charge in [-0.2, -0.15) is 0 Å². The first-order chi connectivity index (χ1) is 3.81. The van der Waals surface area contributed by atoms with Gasteiger partial charge in [0, 0.05) is 6.54 Å². The predicted molar refractivity (Wildman–Crippen MR) is 65.2 cm³/mol. The maximum absolute atomic E-state index is 4.90. The van der Waals surface area contributed by atoms with Gasteiger partial charge in [-0.15, -0.1) is 0 Å². The first kappa shape index (κ1) is 29.3. The van der Waals surface area contributed by atoms with Crippen LogP contribution in [0.1, 0.15) is 13.8 Å². The van der Waals surface area contributed by atoms with Crippen LogP contribution in [0.3, 0.4) is 0 Å². The van der Waals surface area contributed by atoms with E-state index in [4.69, 9.17) is 12.2 Å². The number of rotatable bonds is 2. The summed E-state index contributed by atoms with van der Waals surface area (Å²) >= 11 is 6.58. The molecule has 12 heavy (non-hydrogen) atoms. The van der Waals surface area contributed by atoms with Crippen molar-refractivity contribution in [3.8, 4) is 0 Å². The zero-order chi connectivity index (χ0) is 6.41. The first-order valence-corrected chi connectivity index (χ1v) is 4.11. The summed E-state index contributed by atoms with van der Waals surface area (Å²) in [5.41, 5.74) is 0. The molecule has 0 spiro atoms. The van der Waals surface area contributed by atoms with Crippen LogP contribution in [0.4, 0.5) is 0 Å². The molecule has 0 bridgehead atoms. The van der Waals surface area contributed by atoms with Gasteiger partial charge in [0.1, 0.15) is 4.32 Å². The van der Waals surface area contributed by atoms with E-state index in [0.29, 0.717) is 0 Å². The molecule has 7 heteroatoms. The molecule has 0 saturated carbocycles. The second-order valence-corrected chi connectivity index (χ2v) is 3.19. The summed E-state index contributed by atoms with van der Waals surface area (Å²) in [4.78, 5) is 0. The molecular formula is C5H20InNO3S2. The van der Waals surface area contributed by atoms with Gasteiger partial charge in [-0.1, -0.05) is 30.9 Å². The van der Waals surface area contributed by atoms with Crippen LogP contribution in [-0.4, -0.2) is 58.9 Å². The third kappa shape index (κ3) is 22.4. The van der Waals surface area contributed by atoms with Gasteiger partial charge in [0.05, 0.1) is 0 Å². The summed E-state index contributed by atoms with van der Waals surface area (Å²) in [5.74, 6) is 1.06. The molecule has 78 valence electrons. The molecule has 0 fully saturated rings. The van der Waals surface area contributed by atoms with Crippen LogP contribution in [0.5, 0.6) is 0 Å². The summed E-state index contributed by atoms with van der Waals surface area (Å²) in [6.45, 7) is 5.07. The van der Waals surface area contributed by atoms with Crippen molar-refractivity contribution in [3.63, 3.8) is 0 Å². The van der Waals surface area contributed by atoms with Crippen LogP contribution in [0.15, 0.2) is 0 Å². The molecule has 0 rings (SSSR count). The molecule has 0 aliphatic heterocycles. The Morgan fingerprint density at radius 2 is 1.67 bits per heavy atom. The van der Waals surface area contributed by atoms with E-state index in [1.165, 1.54) is 0 Å². The van der Waals surface area contributed by atoms with Gasteiger partial charge in [0.15, 0.2) is 0 Å². The third-order valence-corrected chi connectivity index (χ3v) is 1.79. The Hall–Kier alpha value is 0.990. The first-order valence-electron chi connectivity index (χ1n) is 2.71. The molecule has 0 aromatic rings. The van der Waals surface area contributed by atoms with Crippen molar-refractivity contribution in [1.82, 2.24) is 5.32 Å². The van der Waals surface area contributed by atoms with Crippen LogP contribution in [0.2, 0.25) is 0 Å². The quantitative estimate of drug-likeness (QED) is 0.593. The van der Waals surface area contributed by atoms with E-state index in [2.05, 4.69) is 12.2 Å². The van der Waals surface area contributed by atoms with Crippen LogP contribution in [-0.2, 0) is 0 Å². The molecule has 0 aromatic heterocycles. The van der Waals surface area contributed by atoms with E-state index in [0.717, 1.165) is 16.6 Å². The SMILES string of the molecule is CCNC(=S)SCC.O.O.O.[InH3]. The van der Waals surface area contributed by atoms with Gasteiger partial charge in [0.2, 0.25) is 0 Å². The van der Waals surface area contributed by atoms with Gasteiger partial charge >= 0.3 is 25.8 Å². The fourth-order valence-corrected chi connectivity index (χ4v) is 1.33. The van der Waals surface area contributed by atoms with Crippen LogP contribution in [0.25, 0.3) is 0 Å². The fourth-order valence-electron chi connectivity index (χ4n) is 0.326. The second-order valence-electron chi connectivity index (χ2n) is 1.25. The number of thiocarbonyl (C=S) groups is 1. The van der Waals surface area contributed by atoms with E-state index >= 15 is 0 Å². The van der Waals surface area contributed by atoms with Gasteiger partial charge < -0.3 is 21.7 Å². The Morgan fingerprint density at radius 1 is 1.25 bits per heavy atom. The van der Waals surface area contributed by atoms with E-state index in [1.54, 1.807) is 11.8 Å². The number of nitrogens with one attached hydrogen (secondary N) is 1. The molecule has 0 aromatic carbocycles. The van der Waals surface area contributed by atoms with Gasteiger partial charge in [0.25, 0.3) is 0 Å². The average molecular weight is 321 g/mol. The summed E-state index contributed by atoms with van der Waals surface area (Å²) in [7, 11) is 0. The summed E-state index contributed by atoms with van der Waals surface area (Å²) in [6, 6.07) is 0. The molecule has 0 aliphatic rings. The minimum atomic E-state index is 0. The Bertz CT molecular complexity index is 79.1. The van der Waals surface area contributed by atoms with Crippen molar-refractivity contribution >= 4 is 54.1 Å². The molecule has 0 atom stereocenters. The maximum atomic E-state index is 4.90. The number of hydrogen-bond acceptors (Lipinski definition) is 2. The van der Waals surface area contributed by atoms with E-state index < -0.39 is 0 Å². The molecule has 4 nitrogen and oxygen atoms in total. The van der Waals surface area contributed by atoms with Crippen LogP contribution in [0, 0.1) is 0 Å². The molecule has 0 unspecified atom stereocenters. The number of thioether (sulfide) groups is 1. The van der Waals surface area contributed by atoms with Crippen molar-refractivity contribution in [2.45, 2.75) is 13.8 Å². The van der Waals surface area contributed by atoms with E-state index in [1.807, 2.05) is 6.92 Å². The monoisotopic (exact) mass is 321 g/mol. The molecular weight excluding hydrogens is 301 g/mol. The molecule has 0 amide bonds. The van der Waals surface area contributed by atoms with Gasteiger partial charge in [-0.25, -0.2) is 0 Å². The molecule has 0 radical (unpaired) electrons. The van der Waals surface area contributed by atoms with E-state index in [9.17, 15) is 0 Å².